The first-order valence-electron chi connectivity index (χ1n) is 8.21. The van der Waals surface area contributed by atoms with Gasteiger partial charge in [0.1, 0.15) is 12.2 Å². The first kappa shape index (κ1) is 19.9. The number of rotatable bonds is 7. The largest absolute Gasteiger partial charge is 0.357 e. The highest BCUT2D eigenvalue weighted by Crippen LogP contribution is 2.19. The zero-order valence-electron chi connectivity index (χ0n) is 15.5. The van der Waals surface area contributed by atoms with Gasteiger partial charge in [-0.3, -0.25) is 4.68 Å². The third-order valence-electron chi connectivity index (χ3n) is 3.70. The quantitative estimate of drug-likeness (QED) is 0.530. The summed E-state index contributed by atoms with van der Waals surface area (Å²) in [4.78, 5) is 8.92. The highest BCUT2D eigenvalue weighted by Gasteiger charge is 2.20. The minimum absolute atomic E-state index is 0.234. The lowest BCUT2D eigenvalue weighted by Crippen LogP contribution is -2.37. The summed E-state index contributed by atoms with van der Waals surface area (Å²) in [5.41, 5.74) is 0.636. The van der Waals surface area contributed by atoms with E-state index in [9.17, 15) is 8.42 Å². The Hall–Kier alpha value is -2.46. The van der Waals surface area contributed by atoms with Crippen molar-refractivity contribution < 1.29 is 8.42 Å². The number of hydrogen-bond acceptors (Lipinski definition) is 5. The molecule has 0 radical (unpaired) electrons. The van der Waals surface area contributed by atoms with E-state index in [1.54, 1.807) is 28.9 Å². The van der Waals surface area contributed by atoms with E-state index in [1.165, 1.54) is 24.7 Å². The van der Waals surface area contributed by atoms with Crippen LogP contribution in [0.2, 0.25) is 0 Å². The van der Waals surface area contributed by atoms with Gasteiger partial charge in [-0.1, -0.05) is 18.2 Å². The molecule has 0 aliphatic carbocycles. The lowest BCUT2D eigenvalue weighted by atomic mass is 10.2. The summed E-state index contributed by atoms with van der Waals surface area (Å²) in [7, 11) is 1.33. The Balaban J connectivity index is 2.18. The van der Waals surface area contributed by atoms with E-state index in [0.29, 0.717) is 24.6 Å². The van der Waals surface area contributed by atoms with Crippen molar-refractivity contribution in [2.24, 2.45) is 12.0 Å². The molecule has 0 bridgehead atoms. The second kappa shape index (κ2) is 8.77. The molecule has 26 heavy (non-hydrogen) atoms. The molecule has 142 valence electrons. The third-order valence-corrected chi connectivity index (χ3v) is 5.62. The fourth-order valence-electron chi connectivity index (χ4n) is 2.23. The van der Waals surface area contributed by atoms with Gasteiger partial charge in [-0.15, -0.1) is 0 Å². The highest BCUT2D eigenvalue weighted by molar-refractivity contribution is 7.89. The predicted molar refractivity (Wildman–Crippen MR) is 100.0 cm³/mol. The molecule has 1 heterocycles. The van der Waals surface area contributed by atoms with Crippen LogP contribution in [-0.2, 0) is 30.2 Å². The minimum atomic E-state index is -3.52. The number of nitrogens with one attached hydrogen (secondary N) is 2. The second-order valence-corrected chi connectivity index (χ2v) is 7.86. The van der Waals surface area contributed by atoms with Crippen LogP contribution < -0.4 is 10.6 Å². The molecule has 0 aliphatic rings. The van der Waals surface area contributed by atoms with E-state index < -0.39 is 10.0 Å². The smallest absolute Gasteiger partial charge is 0.242 e. The van der Waals surface area contributed by atoms with Crippen molar-refractivity contribution in [3.05, 3.63) is 42.0 Å². The number of nitrogens with zero attached hydrogens (tertiary/aromatic N) is 5. The molecule has 0 fully saturated rings. The SMILES string of the molecule is CCNC(=NCc1ccccc1S(=O)(=O)N(C)C)NCc1ncnn1C. The van der Waals surface area contributed by atoms with E-state index >= 15 is 0 Å². The summed E-state index contributed by atoms with van der Waals surface area (Å²) >= 11 is 0. The number of sulfonamides is 1. The molecule has 9 nitrogen and oxygen atoms in total. The maximum Gasteiger partial charge on any atom is 0.242 e. The van der Waals surface area contributed by atoms with E-state index in [1.807, 2.05) is 14.0 Å². The van der Waals surface area contributed by atoms with Gasteiger partial charge in [0, 0.05) is 27.7 Å². The monoisotopic (exact) mass is 379 g/mol. The summed E-state index contributed by atoms with van der Waals surface area (Å²) < 4.78 is 27.8. The van der Waals surface area contributed by atoms with Crippen molar-refractivity contribution in [1.29, 1.82) is 0 Å². The van der Waals surface area contributed by atoms with E-state index in [0.717, 1.165) is 5.82 Å². The van der Waals surface area contributed by atoms with Crippen molar-refractivity contribution in [2.75, 3.05) is 20.6 Å². The molecule has 10 heteroatoms. The van der Waals surface area contributed by atoms with Crippen LogP contribution in [0.25, 0.3) is 0 Å². The summed E-state index contributed by atoms with van der Waals surface area (Å²) in [6.07, 6.45) is 1.49. The van der Waals surface area contributed by atoms with Gasteiger partial charge < -0.3 is 10.6 Å². The average molecular weight is 379 g/mol. The maximum absolute atomic E-state index is 12.5. The second-order valence-electron chi connectivity index (χ2n) is 5.74. The first-order chi connectivity index (χ1) is 12.4. The molecule has 1 aromatic carbocycles. The number of aryl methyl sites for hydroxylation is 1. The number of guanidine groups is 1. The van der Waals surface area contributed by atoms with E-state index in [4.69, 9.17) is 0 Å². The van der Waals surface area contributed by atoms with Crippen LogP contribution in [0.1, 0.15) is 18.3 Å². The molecule has 0 saturated carbocycles. The third kappa shape index (κ3) is 4.79. The Bertz CT molecular complexity index is 859. The van der Waals surface area contributed by atoms with E-state index in [-0.39, 0.29) is 11.4 Å². The zero-order valence-corrected chi connectivity index (χ0v) is 16.3. The molecular weight excluding hydrogens is 354 g/mol. The highest BCUT2D eigenvalue weighted by atomic mass is 32.2. The Morgan fingerprint density at radius 2 is 2.00 bits per heavy atom. The zero-order chi connectivity index (χ0) is 19.2. The molecule has 2 rings (SSSR count). The normalized spacial score (nSPS) is 12.4. The standard InChI is InChI=1S/C16H25N7O2S/c1-5-17-16(19-11-15-20-12-21-23(15)4)18-10-13-8-6-7-9-14(13)26(24,25)22(2)3/h6-9,12H,5,10-11H2,1-4H3,(H2,17,18,19). The number of aromatic nitrogens is 3. The number of aliphatic imine (C=N–C) groups is 1. The van der Waals surface area contributed by atoms with Gasteiger partial charge in [-0.25, -0.2) is 22.7 Å². The van der Waals surface area contributed by atoms with Gasteiger partial charge in [-0.2, -0.15) is 5.10 Å². The number of hydrogen-bond donors (Lipinski definition) is 2. The van der Waals surface area contributed by atoms with Crippen LogP contribution in [0.4, 0.5) is 0 Å². The van der Waals surface area contributed by atoms with Crippen LogP contribution in [0.3, 0.4) is 0 Å². The van der Waals surface area contributed by atoms with Gasteiger partial charge in [-0.05, 0) is 18.6 Å². The predicted octanol–water partition coefficient (Wildman–Crippen LogP) is 0.321. The Morgan fingerprint density at radius 1 is 1.27 bits per heavy atom. The van der Waals surface area contributed by atoms with Crippen molar-refractivity contribution in [3.63, 3.8) is 0 Å². The fraction of sp³-hybridized carbons (Fsp3) is 0.438. The van der Waals surface area contributed by atoms with Gasteiger partial charge in [0.25, 0.3) is 0 Å². The Morgan fingerprint density at radius 3 is 2.62 bits per heavy atom. The van der Waals surface area contributed by atoms with E-state index in [2.05, 4.69) is 25.7 Å². The summed E-state index contributed by atoms with van der Waals surface area (Å²) in [5.74, 6) is 1.35. The van der Waals surface area contributed by atoms with Gasteiger partial charge >= 0.3 is 0 Å². The molecule has 0 amide bonds. The van der Waals surface area contributed by atoms with Gasteiger partial charge in [0.2, 0.25) is 10.0 Å². The molecule has 2 aromatic rings. The topological polar surface area (TPSA) is 105 Å². The van der Waals surface area contributed by atoms with Crippen LogP contribution in [0.15, 0.2) is 40.5 Å². The molecular formula is C16H25N7O2S. The van der Waals surface area contributed by atoms with Crippen molar-refractivity contribution in [1.82, 2.24) is 29.7 Å². The fourth-order valence-corrected chi connectivity index (χ4v) is 3.34. The van der Waals surface area contributed by atoms with Gasteiger partial charge in [0.05, 0.1) is 18.0 Å². The Kier molecular flexibility index (Phi) is 6.70. The summed E-state index contributed by atoms with van der Waals surface area (Å²) in [5, 5.41) is 10.3. The molecule has 1 aromatic heterocycles. The minimum Gasteiger partial charge on any atom is -0.357 e. The van der Waals surface area contributed by atoms with Crippen molar-refractivity contribution >= 4 is 16.0 Å². The Labute approximate surface area is 154 Å². The van der Waals surface area contributed by atoms with Gasteiger partial charge in [0.15, 0.2) is 5.96 Å². The van der Waals surface area contributed by atoms with Crippen LogP contribution >= 0.6 is 0 Å². The van der Waals surface area contributed by atoms with Crippen molar-refractivity contribution in [3.8, 4) is 0 Å². The molecule has 0 saturated heterocycles. The first-order valence-corrected chi connectivity index (χ1v) is 9.65. The summed E-state index contributed by atoms with van der Waals surface area (Å²) in [6.45, 7) is 3.34. The average Bonchev–Trinajstić information content (AvgIpc) is 3.02. The lowest BCUT2D eigenvalue weighted by Gasteiger charge is -2.15. The molecule has 0 atom stereocenters. The molecule has 0 unspecified atom stereocenters. The summed E-state index contributed by atoms with van der Waals surface area (Å²) in [6, 6.07) is 6.88. The number of benzene rings is 1. The van der Waals surface area contributed by atoms with Crippen LogP contribution in [0.5, 0.6) is 0 Å². The molecule has 2 N–H and O–H groups in total. The van der Waals surface area contributed by atoms with Crippen LogP contribution in [0, 0.1) is 0 Å². The molecule has 0 aliphatic heterocycles. The van der Waals surface area contributed by atoms with Crippen molar-refractivity contribution in [2.45, 2.75) is 24.9 Å². The lowest BCUT2D eigenvalue weighted by molar-refractivity contribution is 0.519. The molecule has 0 spiro atoms. The maximum atomic E-state index is 12.5. The van der Waals surface area contributed by atoms with Crippen LogP contribution in [-0.4, -0.2) is 54.1 Å².